The van der Waals surface area contributed by atoms with Crippen LogP contribution in [0.4, 0.5) is 4.39 Å². The molecule has 0 aliphatic carbocycles. The average Bonchev–Trinajstić information content (AvgIpc) is 2.75. The Labute approximate surface area is 200 Å². The summed E-state index contributed by atoms with van der Waals surface area (Å²) in [6, 6.07) is 14.8. The van der Waals surface area contributed by atoms with Crippen molar-refractivity contribution in [3.05, 3.63) is 65.5 Å². The van der Waals surface area contributed by atoms with Crippen molar-refractivity contribution in [2.24, 2.45) is 0 Å². The molecule has 0 unspecified atom stereocenters. The molecule has 0 radical (unpaired) electrons. The van der Waals surface area contributed by atoms with Crippen LogP contribution in [0.5, 0.6) is 5.75 Å². The molecule has 0 aliphatic rings. The molecule has 2 rings (SSSR count). The van der Waals surface area contributed by atoms with E-state index in [2.05, 4.69) is 30.1 Å². The van der Waals surface area contributed by atoms with Crippen LogP contribution < -0.4 is 10.1 Å². The van der Waals surface area contributed by atoms with Gasteiger partial charge in [-0.2, -0.15) is 0 Å². The highest BCUT2D eigenvalue weighted by atomic mass is 35.5. The minimum Gasteiger partial charge on any atom is -0.488 e. The van der Waals surface area contributed by atoms with E-state index in [0.717, 1.165) is 37.4 Å². The third-order valence-electron chi connectivity index (χ3n) is 5.11. The Morgan fingerprint density at radius 1 is 0.806 bits per heavy atom. The molecule has 0 fully saturated rings. The number of hydrogen-bond acceptors (Lipinski definition) is 3. The Morgan fingerprint density at radius 2 is 1.39 bits per heavy atom. The van der Waals surface area contributed by atoms with E-state index in [0.29, 0.717) is 5.56 Å². The van der Waals surface area contributed by atoms with Crippen molar-refractivity contribution in [2.75, 3.05) is 26.2 Å². The van der Waals surface area contributed by atoms with Gasteiger partial charge in [0.05, 0.1) is 0 Å². The van der Waals surface area contributed by atoms with E-state index >= 15 is 0 Å². The summed E-state index contributed by atoms with van der Waals surface area (Å²) in [6.45, 7) is 10.1. The highest BCUT2D eigenvalue weighted by molar-refractivity contribution is 5.85. The van der Waals surface area contributed by atoms with Crippen molar-refractivity contribution in [3.8, 4) is 5.75 Å². The second kappa shape index (κ2) is 18.3. The van der Waals surface area contributed by atoms with Gasteiger partial charge in [0.15, 0.2) is 0 Å². The van der Waals surface area contributed by atoms with Crippen LogP contribution in [0, 0.1) is 5.82 Å². The summed E-state index contributed by atoms with van der Waals surface area (Å²) in [4.78, 5) is 2.60. The molecule has 0 atom stereocenters. The Hall–Kier alpha value is -1.33. The van der Waals surface area contributed by atoms with Gasteiger partial charge in [-0.25, -0.2) is 4.39 Å². The maximum absolute atomic E-state index is 13.8. The summed E-state index contributed by atoms with van der Waals surface area (Å²) >= 11 is 0. The highest BCUT2D eigenvalue weighted by Gasteiger charge is 2.07. The number of hydrogen-bond donors (Lipinski definition) is 1. The van der Waals surface area contributed by atoms with Crippen LogP contribution in [0.3, 0.4) is 0 Å². The molecular formula is C25H39Cl2FN2O. The van der Waals surface area contributed by atoms with Crippen molar-refractivity contribution in [1.29, 1.82) is 0 Å². The predicted octanol–water partition coefficient (Wildman–Crippen LogP) is 6.63. The van der Waals surface area contributed by atoms with Crippen molar-refractivity contribution in [2.45, 2.75) is 59.1 Å². The Morgan fingerprint density at radius 3 is 2.03 bits per heavy atom. The van der Waals surface area contributed by atoms with E-state index in [-0.39, 0.29) is 37.2 Å². The van der Waals surface area contributed by atoms with E-state index in [1.54, 1.807) is 12.1 Å². The third-order valence-corrected chi connectivity index (χ3v) is 5.11. The van der Waals surface area contributed by atoms with E-state index in [4.69, 9.17) is 4.74 Å². The van der Waals surface area contributed by atoms with E-state index in [1.807, 2.05) is 24.3 Å². The first-order valence-corrected chi connectivity index (χ1v) is 11.1. The SMILES string of the molecule is CCCCN(CCCC)CCCNCc1ccccc1OCc1ccccc1F.Cl.Cl. The number of para-hydroxylation sites is 1. The number of benzene rings is 2. The summed E-state index contributed by atoms with van der Waals surface area (Å²) in [6.07, 6.45) is 6.22. The zero-order chi connectivity index (χ0) is 20.7. The molecule has 2 aromatic carbocycles. The topological polar surface area (TPSA) is 24.5 Å². The molecule has 0 bridgehead atoms. The lowest BCUT2D eigenvalue weighted by Crippen LogP contribution is -2.29. The minimum absolute atomic E-state index is 0. The number of nitrogens with zero attached hydrogens (tertiary/aromatic N) is 1. The maximum Gasteiger partial charge on any atom is 0.129 e. The lowest BCUT2D eigenvalue weighted by Gasteiger charge is -2.22. The molecule has 0 saturated heterocycles. The molecule has 0 heterocycles. The van der Waals surface area contributed by atoms with E-state index < -0.39 is 0 Å². The molecule has 0 spiro atoms. The Kier molecular flexibility index (Phi) is 17.5. The van der Waals surface area contributed by atoms with Crippen molar-refractivity contribution < 1.29 is 9.13 Å². The zero-order valence-electron chi connectivity index (χ0n) is 18.9. The standard InChI is InChI=1S/C25H37FN2O.2ClH/c1-3-5-17-28(18-6-4-2)19-11-16-27-20-22-12-8-10-15-25(22)29-21-23-13-7-9-14-24(23)26;;/h7-10,12-15,27H,3-6,11,16-21H2,1-2H3;2*1H. The minimum atomic E-state index is -0.223. The van der Waals surface area contributed by atoms with E-state index in [9.17, 15) is 4.39 Å². The number of nitrogens with one attached hydrogen (secondary N) is 1. The molecule has 176 valence electrons. The van der Waals surface area contributed by atoms with Crippen LogP contribution in [0.15, 0.2) is 48.5 Å². The first-order chi connectivity index (χ1) is 14.2. The number of rotatable bonds is 15. The lowest BCUT2D eigenvalue weighted by molar-refractivity contribution is 0.260. The summed E-state index contributed by atoms with van der Waals surface area (Å²) in [7, 11) is 0. The van der Waals surface area contributed by atoms with Gasteiger partial charge in [-0.1, -0.05) is 63.1 Å². The van der Waals surface area contributed by atoms with Gasteiger partial charge in [-0.05, 0) is 57.6 Å². The first kappa shape index (κ1) is 29.7. The lowest BCUT2D eigenvalue weighted by atomic mass is 10.2. The fraction of sp³-hybridized carbons (Fsp3) is 0.520. The second-order valence-corrected chi connectivity index (χ2v) is 7.57. The molecule has 0 aliphatic heterocycles. The second-order valence-electron chi connectivity index (χ2n) is 7.57. The summed E-state index contributed by atoms with van der Waals surface area (Å²) in [5, 5.41) is 3.54. The molecule has 1 N–H and O–H groups in total. The molecule has 0 aromatic heterocycles. The number of unbranched alkanes of at least 4 members (excludes halogenated alkanes) is 2. The quantitative estimate of drug-likeness (QED) is 0.294. The van der Waals surface area contributed by atoms with Gasteiger partial charge in [0, 0.05) is 17.7 Å². The number of halogens is 3. The largest absolute Gasteiger partial charge is 0.488 e. The van der Waals surface area contributed by atoms with Gasteiger partial charge >= 0.3 is 0 Å². The van der Waals surface area contributed by atoms with Crippen LogP contribution in [-0.4, -0.2) is 31.1 Å². The molecule has 0 saturated carbocycles. The first-order valence-electron chi connectivity index (χ1n) is 11.1. The smallest absolute Gasteiger partial charge is 0.129 e. The molecule has 3 nitrogen and oxygen atoms in total. The van der Waals surface area contributed by atoms with Gasteiger partial charge in [-0.15, -0.1) is 24.8 Å². The Balaban J connectivity index is 0.00000450. The highest BCUT2D eigenvalue weighted by Crippen LogP contribution is 2.20. The molecule has 31 heavy (non-hydrogen) atoms. The monoisotopic (exact) mass is 472 g/mol. The van der Waals surface area contributed by atoms with Crippen molar-refractivity contribution in [1.82, 2.24) is 10.2 Å². The van der Waals surface area contributed by atoms with Crippen molar-refractivity contribution >= 4 is 24.8 Å². The molecule has 2 aromatic rings. The average molecular weight is 474 g/mol. The van der Waals surface area contributed by atoms with Crippen LogP contribution in [0.2, 0.25) is 0 Å². The number of ether oxygens (including phenoxy) is 1. The molecule has 0 amide bonds. The van der Waals surface area contributed by atoms with Crippen LogP contribution in [0.1, 0.15) is 57.1 Å². The summed E-state index contributed by atoms with van der Waals surface area (Å²) < 4.78 is 19.7. The fourth-order valence-corrected chi connectivity index (χ4v) is 3.31. The summed E-state index contributed by atoms with van der Waals surface area (Å²) in [5.41, 5.74) is 1.69. The van der Waals surface area contributed by atoms with Gasteiger partial charge in [0.25, 0.3) is 0 Å². The normalized spacial score (nSPS) is 10.5. The van der Waals surface area contributed by atoms with Crippen LogP contribution >= 0.6 is 24.8 Å². The Bertz CT molecular complexity index is 695. The maximum atomic E-state index is 13.8. The summed E-state index contributed by atoms with van der Waals surface area (Å²) in [5.74, 6) is 0.592. The fourth-order valence-electron chi connectivity index (χ4n) is 3.31. The molecular weight excluding hydrogens is 434 g/mol. The van der Waals surface area contributed by atoms with Crippen molar-refractivity contribution in [3.63, 3.8) is 0 Å². The van der Waals surface area contributed by atoms with Crippen LogP contribution in [-0.2, 0) is 13.2 Å². The third kappa shape index (κ3) is 11.7. The van der Waals surface area contributed by atoms with Gasteiger partial charge in [-0.3, -0.25) is 0 Å². The molecule has 6 heteroatoms. The van der Waals surface area contributed by atoms with Gasteiger partial charge in [0.2, 0.25) is 0 Å². The van der Waals surface area contributed by atoms with Gasteiger partial charge in [0.1, 0.15) is 18.2 Å². The van der Waals surface area contributed by atoms with Gasteiger partial charge < -0.3 is 15.0 Å². The van der Waals surface area contributed by atoms with Crippen LogP contribution in [0.25, 0.3) is 0 Å². The zero-order valence-corrected chi connectivity index (χ0v) is 20.6. The predicted molar refractivity (Wildman–Crippen MR) is 134 cm³/mol. The van der Waals surface area contributed by atoms with E-state index in [1.165, 1.54) is 44.8 Å².